The molecule has 4 aromatic heterocycles. The molecule has 0 N–H and O–H groups in total. The molecule has 4 rings (SSSR count). The summed E-state index contributed by atoms with van der Waals surface area (Å²) in [6.07, 6.45) is 3.43. The summed E-state index contributed by atoms with van der Waals surface area (Å²) in [5, 5.41) is 19.5. The van der Waals surface area contributed by atoms with Crippen LogP contribution in [0.3, 0.4) is 0 Å². The van der Waals surface area contributed by atoms with Crippen molar-refractivity contribution >= 4 is 71.6 Å². The Morgan fingerprint density at radius 1 is 0.857 bits per heavy atom. The molecule has 0 bridgehead atoms. The van der Waals surface area contributed by atoms with E-state index in [1.165, 1.54) is 52.5 Å². The summed E-state index contributed by atoms with van der Waals surface area (Å²) in [5.41, 5.74) is 1.94. The van der Waals surface area contributed by atoms with Crippen LogP contribution in [-0.4, -0.2) is 32.8 Å². The van der Waals surface area contributed by atoms with E-state index in [2.05, 4.69) is 35.7 Å². The number of aromatic nitrogens is 4. The number of hydrogen-bond acceptors (Lipinski definition) is 10. The van der Waals surface area contributed by atoms with Crippen LogP contribution in [0, 0.1) is 13.8 Å². The predicted molar refractivity (Wildman–Crippen MR) is 116 cm³/mol. The summed E-state index contributed by atoms with van der Waals surface area (Å²) < 4.78 is 0. The number of oxime groups is 1. The third-order valence-corrected chi connectivity index (χ3v) is 6.48. The van der Waals surface area contributed by atoms with Gasteiger partial charge in [0.1, 0.15) is 12.8 Å². The quantitative estimate of drug-likeness (QED) is 0.248. The Morgan fingerprint density at radius 3 is 1.75 bits per heavy atom. The molecule has 0 aromatic carbocycles. The molecular weight excluding hydrogens is 434 g/mol. The van der Waals surface area contributed by atoms with Gasteiger partial charge in [-0.15, -0.1) is 45.3 Å². The first-order valence-electron chi connectivity index (χ1n) is 7.93. The molecule has 28 heavy (non-hydrogen) atoms. The van der Waals surface area contributed by atoms with Crippen LogP contribution in [-0.2, 0) is 4.84 Å². The van der Waals surface area contributed by atoms with Crippen molar-refractivity contribution in [3.05, 3.63) is 54.9 Å². The number of nitrogens with zero attached hydrogens (tertiary/aromatic N) is 7. The normalized spacial score (nSPS) is 10.7. The van der Waals surface area contributed by atoms with Gasteiger partial charge in [-0.25, -0.2) is 0 Å². The molecule has 0 radical (unpaired) electrons. The lowest BCUT2D eigenvalue weighted by molar-refractivity contribution is 0.213. The monoisotopic (exact) mass is 447 g/mol. The molecule has 0 saturated carbocycles. The van der Waals surface area contributed by atoms with Gasteiger partial charge in [0.15, 0.2) is 0 Å². The lowest BCUT2D eigenvalue weighted by Crippen LogP contribution is -2.08. The molecule has 8 nitrogen and oxygen atoms in total. The van der Waals surface area contributed by atoms with E-state index in [4.69, 9.17) is 4.84 Å². The Bertz CT molecular complexity index is 1000. The van der Waals surface area contributed by atoms with Gasteiger partial charge in [-0.1, -0.05) is 5.16 Å². The second-order valence-electron chi connectivity index (χ2n) is 5.28. The molecule has 0 aliphatic carbocycles. The molecule has 0 atom stereocenters. The molecule has 0 fully saturated rings. The van der Waals surface area contributed by atoms with E-state index in [0.717, 1.165) is 9.75 Å². The van der Waals surface area contributed by atoms with Gasteiger partial charge >= 0.3 is 0 Å². The highest BCUT2D eigenvalue weighted by Crippen LogP contribution is 2.39. The largest absolute Gasteiger partial charge is 0.399 e. The fourth-order valence-corrected chi connectivity index (χ4v) is 4.98. The molecule has 0 saturated heterocycles. The van der Waals surface area contributed by atoms with E-state index >= 15 is 0 Å². The average molecular weight is 448 g/mol. The fourth-order valence-electron chi connectivity index (χ4n) is 2.30. The van der Waals surface area contributed by atoms with Crippen molar-refractivity contribution < 1.29 is 4.84 Å². The van der Waals surface area contributed by atoms with Crippen molar-refractivity contribution in [2.24, 2.45) is 5.16 Å². The minimum absolute atomic E-state index is 0.561. The van der Waals surface area contributed by atoms with Crippen molar-refractivity contribution in [2.75, 3.05) is 7.11 Å². The van der Waals surface area contributed by atoms with Gasteiger partial charge in [-0.2, -0.15) is 0 Å². The van der Waals surface area contributed by atoms with Crippen molar-refractivity contribution in [1.29, 1.82) is 0 Å². The summed E-state index contributed by atoms with van der Waals surface area (Å²) in [6, 6.07) is 0. The molecule has 0 unspecified atom stereocenters. The number of hydrogen-bond donors (Lipinski definition) is 0. The van der Waals surface area contributed by atoms with Crippen LogP contribution in [0.1, 0.15) is 21.1 Å². The minimum Gasteiger partial charge on any atom is -0.399 e. The molecule has 144 valence electrons. The topological polar surface area (TPSA) is 101 Å². The zero-order chi connectivity index (χ0) is 19.5. The van der Waals surface area contributed by atoms with E-state index in [1.807, 2.05) is 24.6 Å². The van der Waals surface area contributed by atoms with Crippen LogP contribution in [0.2, 0.25) is 0 Å². The van der Waals surface area contributed by atoms with Gasteiger partial charge in [-0.05, 0) is 37.0 Å². The molecule has 0 spiro atoms. The Hall–Kier alpha value is -2.41. The SMILES string of the molecule is CON=C(c1nc([N-]c2nccs2)sc1C)c1nc([N-]c2nccs2)sc1C. The van der Waals surface area contributed by atoms with Gasteiger partial charge in [0, 0.05) is 21.1 Å². The molecule has 4 heterocycles. The van der Waals surface area contributed by atoms with Crippen LogP contribution >= 0.6 is 45.3 Å². The van der Waals surface area contributed by atoms with Gasteiger partial charge in [-0.3, -0.25) is 0 Å². The van der Waals surface area contributed by atoms with Crippen LogP contribution in [0.4, 0.5) is 20.5 Å². The van der Waals surface area contributed by atoms with Gasteiger partial charge in [0.25, 0.3) is 0 Å². The minimum atomic E-state index is 0.561. The first-order valence-corrected chi connectivity index (χ1v) is 11.3. The molecule has 12 heteroatoms. The standard InChI is InChI=1S/C16H13N7OS4/c1-8-10(19-15(27-8)21-13-17-4-6-25-13)12(23-24-3)11-9(2)28-16(20-11)22-14-18-5-7-26-14/h4-7H,1-3H3/q-2. The first-order chi connectivity index (χ1) is 13.6. The van der Waals surface area contributed by atoms with E-state index in [0.29, 0.717) is 37.6 Å². The lowest BCUT2D eigenvalue weighted by Gasteiger charge is -2.08. The summed E-state index contributed by atoms with van der Waals surface area (Å²) in [5.74, 6) is 0. The van der Waals surface area contributed by atoms with Gasteiger partial charge in [0.05, 0.1) is 20.5 Å². The fraction of sp³-hybridized carbons (Fsp3) is 0.188. The van der Waals surface area contributed by atoms with Crippen molar-refractivity contribution in [3.63, 3.8) is 0 Å². The Kier molecular flexibility index (Phi) is 5.62. The highest BCUT2D eigenvalue weighted by molar-refractivity contribution is 7.18. The first kappa shape index (κ1) is 18.9. The summed E-state index contributed by atoms with van der Waals surface area (Å²) in [7, 11) is 1.51. The van der Waals surface area contributed by atoms with Crippen LogP contribution in [0.15, 0.2) is 28.3 Å². The Morgan fingerprint density at radius 2 is 1.36 bits per heavy atom. The van der Waals surface area contributed by atoms with E-state index < -0.39 is 0 Å². The number of rotatable bonds is 7. The molecule has 0 amide bonds. The number of aryl methyl sites for hydroxylation is 2. The van der Waals surface area contributed by atoms with Gasteiger partial charge in [0.2, 0.25) is 0 Å². The third-order valence-electron chi connectivity index (χ3n) is 3.42. The zero-order valence-corrected chi connectivity index (χ0v) is 18.2. The second-order valence-corrected chi connectivity index (χ2v) is 9.39. The van der Waals surface area contributed by atoms with E-state index in [-0.39, 0.29) is 0 Å². The van der Waals surface area contributed by atoms with Crippen LogP contribution in [0.5, 0.6) is 0 Å². The smallest absolute Gasteiger partial charge is 0.124 e. The Labute approximate surface area is 177 Å². The molecule has 0 aliphatic heterocycles. The maximum absolute atomic E-state index is 5.09. The second kappa shape index (κ2) is 8.31. The molecular formula is C16H13N7OS4-2. The summed E-state index contributed by atoms with van der Waals surface area (Å²) >= 11 is 5.87. The number of thiazole rings is 4. The lowest BCUT2D eigenvalue weighted by atomic mass is 10.1. The summed E-state index contributed by atoms with van der Waals surface area (Å²) in [4.78, 5) is 24.7. The van der Waals surface area contributed by atoms with Crippen molar-refractivity contribution in [2.45, 2.75) is 13.8 Å². The van der Waals surface area contributed by atoms with Crippen molar-refractivity contribution in [3.8, 4) is 0 Å². The van der Waals surface area contributed by atoms with Crippen molar-refractivity contribution in [1.82, 2.24) is 19.9 Å². The average Bonchev–Trinajstić information content (AvgIpc) is 3.44. The van der Waals surface area contributed by atoms with E-state index in [9.17, 15) is 0 Å². The van der Waals surface area contributed by atoms with Gasteiger partial charge < -0.3 is 35.4 Å². The highest BCUT2D eigenvalue weighted by Gasteiger charge is 2.16. The molecule has 4 aromatic rings. The summed E-state index contributed by atoms with van der Waals surface area (Å²) in [6.45, 7) is 3.95. The maximum Gasteiger partial charge on any atom is 0.124 e. The third kappa shape index (κ3) is 4.04. The molecule has 0 aliphatic rings. The zero-order valence-electron chi connectivity index (χ0n) is 15.0. The van der Waals surface area contributed by atoms with Crippen LogP contribution < -0.4 is 0 Å². The highest BCUT2D eigenvalue weighted by atomic mass is 32.1. The predicted octanol–water partition coefficient (Wildman–Crippen LogP) is 6.20. The maximum atomic E-state index is 5.09. The Balaban J connectivity index is 1.65. The van der Waals surface area contributed by atoms with Crippen LogP contribution in [0.25, 0.3) is 10.6 Å². The van der Waals surface area contributed by atoms with E-state index in [1.54, 1.807) is 12.4 Å².